The number of hydrogen-bond acceptors (Lipinski definition) is 3. The van der Waals surface area contributed by atoms with E-state index in [-0.39, 0.29) is 5.91 Å². The molecule has 0 unspecified atom stereocenters. The van der Waals surface area contributed by atoms with E-state index in [9.17, 15) is 4.79 Å². The molecule has 20 heavy (non-hydrogen) atoms. The topological polar surface area (TPSA) is 45.2 Å². The minimum absolute atomic E-state index is 0.0809. The van der Waals surface area contributed by atoms with Crippen LogP contribution in [0.4, 0.5) is 11.4 Å². The van der Waals surface area contributed by atoms with E-state index in [2.05, 4.69) is 10.3 Å². The number of benzene rings is 1. The van der Waals surface area contributed by atoms with Gasteiger partial charge in [0.15, 0.2) is 0 Å². The molecule has 0 aliphatic carbocycles. The third-order valence-electron chi connectivity index (χ3n) is 3.05. The van der Waals surface area contributed by atoms with E-state index in [1.165, 1.54) is 0 Å². The third-order valence-corrected chi connectivity index (χ3v) is 3.05. The Morgan fingerprint density at radius 1 is 1.20 bits per heavy atom. The molecule has 1 N–H and O–H groups in total. The van der Waals surface area contributed by atoms with Crippen LogP contribution in [-0.2, 0) is 0 Å². The molecule has 4 heteroatoms. The van der Waals surface area contributed by atoms with Crippen molar-refractivity contribution in [3.05, 3.63) is 54.4 Å². The Bertz CT molecular complexity index is 569. The van der Waals surface area contributed by atoms with Crippen molar-refractivity contribution >= 4 is 17.3 Å². The molecular formula is C16H19N3O. The summed E-state index contributed by atoms with van der Waals surface area (Å²) in [6.45, 7) is 2.70. The minimum atomic E-state index is -0.0809. The Balaban J connectivity index is 2.19. The van der Waals surface area contributed by atoms with Gasteiger partial charge in [-0.1, -0.05) is 25.1 Å². The molecule has 1 amide bonds. The monoisotopic (exact) mass is 269 g/mol. The minimum Gasteiger partial charge on any atom is -0.352 e. The van der Waals surface area contributed by atoms with E-state index in [1.807, 2.05) is 55.3 Å². The van der Waals surface area contributed by atoms with Crippen molar-refractivity contribution in [2.24, 2.45) is 0 Å². The lowest BCUT2D eigenvalue weighted by Crippen LogP contribution is -2.24. The summed E-state index contributed by atoms with van der Waals surface area (Å²) >= 11 is 0. The second kappa shape index (κ2) is 6.70. The molecule has 0 aliphatic rings. The molecule has 2 rings (SSSR count). The van der Waals surface area contributed by atoms with Crippen molar-refractivity contribution in [1.29, 1.82) is 0 Å². The van der Waals surface area contributed by atoms with Gasteiger partial charge in [0.05, 0.1) is 17.4 Å². The first-order chi connectivity index (χ1) is 9.72. The van der Waals surface area contributed by atoms with Crippen LogP contribution in [0.25, 0.3) is 0 Å². The number of carbonyl (C=O) groups is 1. The summed E-state index contributed by atoms with van der Waals surface area (Å²) < 4.78 is 0. The van der Waals surface area contributed by atoms with Crippen LogP contribution >= 0.6 is 0 Å². The van der Waals surface area contributed by atoms with Crippen LogP contribution in [0.5, 0.6) is 0 Å². The van der Waals surface area contributed by atoms with Crippen molar-refractivity contribution in [3.63, 3.8) is 0 Å². The molecule has 0 spiro atoms. The zero-order valence-corrected chi connectivity index (χ0v) is 11.8. The van der Waals surface area contributed by atoms with Crippen molar-refractivity contribution in [1.82, 2.24) is 10.3 Å². The van der Waals surface area contributed by atoms with Gasteiger partial charge in [-0.2, -0.15) is 0 Å². The zero-order chi connectivity index (χ0) is 14.4. The van der Waals surface area contributed by atoms with E-state index >= 15 is 0 Å². The van der Waals surface area contributed by atoms with Gasteiger partial charge in [-0.05, 0) is 24.6 Å². The molecule has 1 aromatic carbocycles. The van der Waals surface area contributed by atoms with Crippen LogP contribution in [0.3, 0.4) is 0 Å². The maximum atomic E-state index is 11.9. The van der Waals surface area contributed by atoms with Crippen LogP contribution < -0.4 is 10.2 Å². The molecule has 0 saturated carbocycles. The van der Waals surface area contributed by atoms with Crippen LogP contribution in [0, 0.1) is 0 Å². The number of rotatable bonds is 5. The number of para-hydroxylation sites is 1. The smallest absolute Gasteiger partial charge is 0.252 e. The summed E-state index contributed by atoms with van der Waals surface area (Å²) in [5.41, 5.74) is 2.53. The number of carbonyl (C=O) groups excluding carboxylic acids is 1. The fourth-order valence-electron chi connectivity index (χ4n) is 1.88. The molecule has 0 fully saturated rings. The van der Waals surface area contributed by atoms with Crippen molar-refractivity contribution in [2.75, 3.05) is 18.5 Å². The molecule has 104 valence electrons. The zero-order valence-electron chi connectivity index (χ0n) is 11.8. The van der Waals surface area contributed by atoms with Crippen molar-refractivity contribution < 1.29 is 4.79 Å². The Labute approximate surface area is 119 Å². The van der Waals surface area contributed by atoms with Gasteiger partial charge in [-0.25, -0.2) is 0 Å². The highest BCUT2D eigenvalue weighted by atomic mass is 16.1. The fraction of sp³-hybridized carbons (Fsp3) is 0.250. The first-order valence-electron chi connectivity index (χ1n) is 6.74. The van der Waals surface area contributed by atoms with E-state index in [4.69, 9.17) is 0 Å². The second-order valence-electron chi connectivity index (χ2n) is 4.58. The van der Waals surface area contributed by atoms with E-state index in [1.54, 1.807) is 12.4 Å². The predicted octanol–water partition coefficient (Wildman–Crippen LogP) is 2.99. The number of hydrogen-bond donors (Lipinski definition) is 1. The van der Waals surface area contributed by atoms with E-state index in [0.29, 0.717) is 12.1 Å². The van der Waals surface area contributed by atoms with Crippen LogP contribution in [-0.4, -0.2) is 24.5 Å². The van der Waals surface area contributed by atoms with Crippen LogP contribution in [0.15, 0.2) is 48.8 Å². The standard InChI is InChI=1S/C16H19N3O/c1-3-9-18-16(20)13-10-15(12-17-11-13)19(2)14-7-5-4-6-8-14/h4-8,10-12H,3,9H2,1-2H3,(H,18,20). The molecule has 2 aromatic rings. The van der Waals surface area contributed by atoms with Gasteiger partial charge in [-0.3, -0.25) is 9.78 Å². The normalized spacial score (nSPS) is 10.1. The maximum absolute atomic E-state index is 11.9. The summed E-state index contributed by atoms with van der Waals surface area (Å²) in [5, 5.41) is 2.86. The first kappa shape index (κ1) is 14.1. The van der Waals surface area contributed by atoms with Crippen molar-refractivity contribution in [2.45, 2.75) is 13.3 Å². The van der Waals surface area contributed by atoms with Gasteiger partial charge in [-0.15, -0.1) is 0 Å². The largest absolute Gasteiger partial charge is 0.352 e. The molecule has 0 saturated heterocycles. The Hall–Kier alpha value is -2.36. The Morgan fingerprint density at radius 3 is 2.65 bits per heavy atom. The number of anilines is 2. The maximum Gasteiger partial charge on any atom is 0.252 e. The van der Waals surface area contributed by atoms with Gasteiger partial charge in [0.1, 0.15) is 0 Å². The summed E-state index contributed by atoms with van der Waals surface area (Å²) in [4.78, 5) is 18.1. The molecule has 0 atom stereocenters. The highest BCUT2D eigenvalue weighted by Gasteiger charge is 2.09. The first-order valence-corrected chi connectivity index (χ1v) is 6.74. The summed E-state index contributed by atoms with van der Waals surface area (Å²) in [6, 6.07) is 11.8. The number of nitrogens with one attached hydrogen (secondary N) is 1. The Kier molecular flexibility index (Phi) is 4.71. The van der Waals surface area contributed by atoms with Gasteiger partial charge < -0.3 is 10.2 Å². The third kappa shape index (κ3) is 3.35. The lowest BCUT2D eigenvalue weighted by molar-refractivity contribution is 0.0953. The SMILES string of the molecule is CCCNC(=O)c1cncc(N(C)c2ccccc2)c1. The Morgan fingerprint density at radius 2 is 1.95 bits per heavy atom. The molecule has 0 radical (unpaired) electrons. The van der Waals surface area contributed by atoms with Crippen LogP contribution in [0.1, 0.15) is 23.7 Å². The highest BCUT2D eigenvalue weighted by Crippen LogP contribution is 2.22. The van der Waals surface area contributed by atoms with E-state index < -0.39 is 0 Å². The van der Waals surface area contributed by atoms with Crippen LogP contribution in [0.2, 0.25) is 0 Å². The van der Waals surface area contributed by atoms with Gasteiger partial charge in [0.25, 0.3) is 5.91 Å². The second-order valence-corrected chi connectivity index (χ2v) is 4.58. The highest BCUT2D eigenvalue weighted by molar-refractivity contribution is 5.94. The molecule has 0 aliphatic heterocycles. The summed E-state index contributed by atoms with van der Waals surface area (Å²) in [6.07, 6.45) is 4.26. The molecule has 0 bridgehead atoms. The van der Waals surface area contributed by atoms with Crippen molar-refractivity contribution in [3.8, 4) is 0 Å². The molecule has 4 nitrogen and oxygen atoms in total. The average molecular weight is 269 g/mol. The number of amides is 1. The quantitative estimate of drug-likeness (QED) is 0.907. The van der Waals surface area contributed by atoms with Gasteiger partial charge in [0, 0.05) is 25.5 Å². The fourth-order valence-corrected chi connectivity index (χ4v) is 1.88. The average Bonchev–Trinajstić information content (AvgIpc) is 2.52. The summed E-state index contributed by atoms with van der Waals surface area (Å²) in [5.74, 6) is -0.0809. The van der Waals surface area contributed by atoms with Gasteiger partial charge >= 0.3 is 0 Å². The number of nitrogens with zero attached hydrogens (tertiary/aromatic N) is 2. The molecular weight excluding hydrogens is 250 g/mol. The lowest BCUT2D eigenvalue weighted by atomic mass is 10.2. The summed E-state index contributed by atoms with van der Waals surface area (Å²) in [7, 11) is 1.96. The lowest BCUT2D eigenvalue weighted by Gasteiger charge is -2.19. The predicted molar refractivity (Wildman–Crippen MR) is 81.4 cm³/mol. The molecule has 1 aromatic heterocycles. The van der Waals surface area contributed by atoms with Gasteiger partial charge in [0.2, 0.25) is 0 Å². The number of pyridine rings is 1. The molecule has 1 heterocycles. The van der Waals surface area contributed by atoms with E-state index in [0.717, 1.165) is 17.8 Å². The number of aromatic nitrogens is 1.